The van der Waals surface area contributed by atoms with Crippen LogP contribution in [0.5, 0.6) is 5.75 Å². The molecule has 3 nitrogen and oxygen atoms in total. The van der Waals surface area contributed by atoms with Crippen LogP contribution < -0.4 is 10.1 Å². The molecular formula is C14H17NO2. The summed E-state index contributed by atoms with van der Waals surface area (Å²) < 4.78 is 5.71. The molecule has 2 fully saturated rings. The van der Waals surface area contributed by atoms with Crippen LogP contribution in [0.2, 0.25) is 0 Å². The quantitative estimate of drug-likeness (QED) is 0.807. The first-order chi connectivity index (χ1) is 8.33. The van der Waals surface area contributed by atoms with Crippen LogP contribution in [0, 0.1) is 0 Å². The van der Waals surface area contributed by atoms with Crippen molar-refractivity contribution in [3.63, 3.8) is 0 Å². The Morgan fingerprint density at radius 2 is 2.18 bits per heavy atom. The predicted molar refractivity (Wildman–Crippen MR) is 65.4 cm³/mol. The summed E-state index contributed by atoms with van der Waals surface area (Å²) in [5.74, 6) is 1.03. The summed E-state index contributed by atoms with van der Waals surface area (Å²) in [5, 5.41) is 3.24. The monoisotopic (exact) mass is 231 g/mol. The van der Waals surface area contributed by atoms with Gasteiger partial charge in [0.25, 0.3) is 0 Å². The van der Waals surface area contributed by atoms with Gasteiger partial charge in [-0.15, -0.1) is 0 Å². The van der Waals surface area contributed by atoms with Gasteiger partial charge in [-0.2, -0.15) is 0 Å². The summed E-state index contributed by atoms with van der Waals surface area (Å²) in [7, 11) is 0. The molecule has 0 radical (unpaired) electrons. The van der Waals surface area contributed by atoms with Crippen molar-refractivity contribution in [2.75, 3.05) is 6.54 Å². The Balaban J connectivity index is 1.74. The van der Waals surface area contributed by atoms with E-state index in [0.717, 1.165) is 43.5 Å². The summed E-state index contributed by atoms with van der Waals surface area (Å²) >= 11 is 0. The van der Waals surface area contributed by atoms with Gasteiger partial charge in [-0.05, 0) is 44.4 Å². The van der Waals surface area contributed by atoms with Crippen LogP contribution in [0.25, 0.3) is 0 Å². The molecule has 1 aromatic carbocycles. The Kier molecular flexibility index (Phi) is 2.85. The molecule has 1 saturated carbocycles. The third kappa shape index (κ3) is 2.50. The maximum absolute atomic E-state index is 12.2. The SMILES string of the molecule is O=C(c1cccc(OC2CC2)c1)C1CCCN1. The summed E-state index contributed by atoms with van der Waals surface area (Å²) in [6.07, 6.45) is 4.70. The smallest absolute Gasteiger partial charge is 0.179 e. The predicted octanol–water partition coefficient (Wildman–Crippen LogP) is 2.16. The fraction of sp³-hybridized carbons (Fsp3) is 0.500. The van der Waals surface area contributed by atoms with E-state index in [9.17, 15) is 4.79 Å². The van der Waals surface area contributed by atoms with Crippen molar-refractivity contribution in [3.05, 3.63) is 29.8 Å². The van der Waals surface area contributed by atoms with E-state index in [1.807, 2.05) is 24.3 Å². The highest BCUT2D eigenvalue weighted by molar-refractivity contribution is 6.00. The molecule has 1 aliphatic carbocycles. The molecular weight excluding hydrogens is 214 g/mol. The number of ketones is 1. The molecule has 1 unspecified atom stereocenters. The van der Waals surface area contributed by atoms with E-state index in [2.05, 4.69) is 5.32 Å². The number of nitrogens with one attached hydrogen (secondary N) is 1. The summed E-state index contributed by atoms with van der Waals surface area (Å²) in [6, 6.07) is 7.59. The number of benzene rings is 1. The van der Waals surface area contributed by atoms with Gasteiger partial charge in [0.1, 0.15) is 5.75 Å². The molecule has 1 N–H and O–H groups in total. The van der Waals surface area contributed by atoms with Gasteiger partial charge in [0, 0.05) is 5.56 Å². The third-order valence-corrected chi connectivity index (χ3v) is 3.32. The first kappa shape index (κ1) is 10.8. The second-order valence-corrected chi connectivity index (χ2v) is 4.86. The van der Waals surface area contributed by atoms with Crippen molar-refractivity contribution in [3.8, 4) is 5.75 Å². The maximum Gasteiger partial charge on any atom is 0.179 e. The van der Waals surface area contributed by atoms with Crippen molar-refractivity contribution >= 4 is 5.78 Å². The molecule has 1 aromatic rings. The molecule has 1 saturated heterocycles. The van der Waals surface area contributed by atoms with E-state index in [0.29, 0.717) is 6.10 Å². The molecule has 3 rings (SSSR count). The normalized spacial score (nSPS) is 23.6. The van der Waals surface area contributed by atoms with Gasteiger partial charge in [-0.25, -0.2) is 0 Å². The van der Waals surface area contributed by atoms with Gasteiger partial charge < -0.3 is 10.1 Å². The van der Waals surface area contributed by atoms with Crippen LogP contribution in [0.1, 0.15) is 36.0 Å². The summed E-state index contributed by atoms with van der Waals surface area (Å²) in [4.78, 5) is 12.2. The molecule has 0 aromatic heterocycles. The Labute approximate surface area is 101 Å². The van der Waals surface area contributed by atoms with E-state index >= 15 is 0 Å². The first-order valence-corrected chi connectivity index (χ1v) is 6.37. The van der Waals surface area contributed by atoms with E-state index in [1.165, 1.54) is 0 Å². The topological polar surface area (TPSA) is 38.3 Å². The van der Waals surface area contributed by atoms with Crippen molar-refractivity contribution in [2.45, 2.75) is 37.8 Å². The lowest BCUT2D eigenvalue weighted by Crippen LogP contribution is -2.30. The Morgan fingerprint density at radius 3 is 2.88 bits per heavy atom. The lowest BCUT2D eigenvalue weighted by molar-refractivity contribution is 0.0952. The number of hydrogen-bond donors (Lipinski definition) is 1. The highest BCUT2D eigenvalue weighted by Crippen LogP contribution is 2.27. The number of carbonyl (C=O) groups is 1. The zero-order valence-corrected chi connectivity index (χ0v) is 9.82. The highest BCUT2D eigenvalue weighted by Gasteiger charge is 2.25. The molecule has 0 bridgehead atoms. The van der Waals surface area contributed by atoms with Gasteiger partial charge in [-0.3, -0.25) is 4.79 Å². The molecule has 2 aliphatic rings. The zero-order chi connectivity index (χ0) is 11.7. The minimum atomic E-state index is 0.00572. The van der Waals surface area contributed by atoms with E-state index in [1.54, 1.807) is 0 Å². The number of ether oxygens (including phenoxy) is 1. The lowest BCUT2D eigenvalue weighted by Gasteiger charge is -2.10. The molecule has 17 heavy (non-hydrogen) atoms. The van der Waals surface area contributed by atoms with Crippen molar-refractivity contribution < 1.29 is 9.53 Å². The zero-order valence-electron chi connectivity index (χ0n) is 9.82. The lowest BCUT2D eigenvalue weighted by atomic mass is 10.0. The van der Waals surface area contributed by atoms with Crippen molar-refractivity contribution in [2.24, 2.45) is 0 Å². The number of carbonyl (C=O) groups excluding carboxylic acids is 1. The van der Waals surface area contributed by atoms with Gasteiger partial charge in [0.2, 0.25) is 0 Å². The average molecular weight is 231 g/mol. The largest absolute Gasteiger partial charge is 0.490 e. The molecule has 1 aliphatic heterocycles. The van der Waals surface area contributed by atoms with E-state index < -0.39 is 0 Å². The Morgan fingerprint density at radius 1 is 1.29 bits per heavy atom. The number of hydrogen-bond acceptors (Lipinski definition) is 3. The third-order valence-electron chi connectivity index (χ3n) is 3.32. The van der Waals surface area contributed by atoms with Crippen LogP contribution >= 0.6 is 0 Å². The first-order valence-electron chi connectivity index (χ1n) is 6.37. The van der Waals surface area contributed by atoms with E-state index in [-0.39, 0.29) is 11.8 Å². The summed E-state index contributed by atoms with van der Waals surface area (Å²) in [6.45, 7) is 0.953. The molecule has 0 amide bonds. The second kappa shape index (κ2) is 4.49. The van der Waals surface area contributed by atoms with E-state index in [4.69, 9.17) is 4.74 Å². The minimum absolute atomic E-state index is 0.00572. The van der Waals surface area contributed by atoms with Crippen molar-refractivity contribution in [1.82, 2.24) is 5.32 Å². The minimum Gasteiger partial charge on any atom is -0.490 e. The second-order valence-electron chi connectivity index (χ2n) is 4.86. The average Bonchev–Trinajstić information content (AvgIpc) is 2.99. The van der Waals surface area contributed by atoms with Crippen LogP contribution in [0.15, 0.2) is 24.3 Å². The Hall–Kier alpha value is -1.35. The van der Waals surface area contributed by atoms with Crippen molar-refractivity contribution in [1.29, 1.82) is 0 Å². The highest BCUT2D eigenvalue weighted by atomic mass is 16.5. The standard InChI is InChI=1S/C14H17NO2/c16-14(13-5-2-8-15-13)10-3-1-4-12(9-10)17-11-6-7-11/h1,3-4,9,11,13,15H,2,5-8H2. The molecule has 90 valence electrons. The van der Waals surface area contributed by atoms with Gasteiger partial charge >= 0.3 is 0 Å². The molecule has 0 spiro atoms. The van der Waals surface area contributed by atoms with Crippen LogP contribution in [-0.4, -0.2) is 24.5 Å². The van der Waals surface area contributed by atoms with Crippen LogP contribution in [0.3, 0.4) is 0 Å². The van der Waals surface area contributed by atoms with Gasteiger partial charge in [0.05, 0.1) is 12.1 Å². The fourth-order valence-electron chi connectivity index (χ4n) is 2.21. The fourth-order valence-corrected chi connectivity index (χ4v) is 2.21. The Bertz CT molecular complexity index is 420. The van der Waals surface area contributed by atoms with Crippen LogP contribution in [-0.2, 0) is 0 Å². The molecule has 3 heteroatoms. The molecule has 1 atom stereocenters. The summed E-state index contributed by atoms with van der Waals surface area (Å²) in [5.41, 5.74) is 0.766. The molecule has 1 heterocycles. The van der Waals surface area contributed by atoms with Gasteiger partial charge in [0.15, 0.2) is 5.78 Å². The number of rotatable bonds is 4. The maximum atomic E-state index is 12.2. The van der Waals surface area contributed by atoms with Gasteiger partial charge in [-0.1, -0.05) is 12.1 Å². The van der Waals surface area contributed by atoms with Crippen LogP contribution in [0.4, 0.5) is 0 Å². The number of Topliss-reactive ketones (excluding diaryl/α,β-unsaturated/α-hetero) is 1.